The molecule has 1 heterocycles. The molecule has 0 aliphatic rings. The maximum absolute atomic E-state index is 14.0. The minimum Gasteiger partial charge on any atom is -0.494 e. The van der Waals surface area contributed by atoms with E-state index in [-0.39, 0.29) is 33.6 Å². The maximum Gasteiger partial charge on any atom is 0.343 e. The third-order valence-corrected chi connectivity index (χ3v) is 2.66. The Labute approximate surface area is 108 Å². The molecule has 6 heteroatoms. The van der Waals surface area contributed by atoms with Gasteiger partial charge in [0.15, 0.2) is 0 Å². The molecule has 1 aromatic heterocycles. The van der Waals surface area contributed by atoms with E-state index < -0.39 is 11.4 Å². The van der Waals surface area contributed by atoms with Gasteiger partial charge in [-0.25, -0.2) is 4.79 Å². The highest BCUT2D eigenvalue weighted by Gasteiger charge is 2.18. The van der Waals surface area contributed by atoms with Gasteiger partial charge in [0.2, 0.25) is 5.43 Å². The molecule has 0 saturated heterocycles. The van der Waals surface area contributed by atoms with Crippen molar-refractivity contribution >= 4 is 16.9 Å². The van der Waals surface area contributed by atoms with Crippen LogP contribution < -0.4 is 10.2 Å². The van der Waals surface area contributed by atoms with E-state index in [0.717, 1.165) is 6.20 Å². The largest absolute Gasteiger partial charge is 0.494 e. The molecule has 5 nitrogen and oxygen atoms in total. The smallest absolute Gasteiger partial charge is 0.343 e. The van der Waals surface area contributed by atoms with Gasteiger partial charge in [-0.3, -0.25) is 4.79 Å². The number of carbonyl (C=O) groups excluding carboxylic acids is 1. The second kappa shape index (κ2) is 5.09. The van der Waals surface area contributed by atoms with Crippen LogP contribution in [-0.2, 0) is 4.74 Å². The molecule has 0 bridgehead atoms. The molecule has 0 radical (unpaired) electrons. The van der Waals surface area contributed by atoms with E-state index in [1.54, 1.807) is 13.0 Å². The Bertz CT molecular complexity index is 693. The number of carbonyl (C=O) groups is 1. The van der Waals surface area contributed by atoms with Crippen LogP contribution in [0.4, 0.5) is 4.48 Å². The van der Waals surface area contributed by atoms with Crippen molar-refractivity contribution in [3.8, 4) is 5.75 Å². The van der Waals surface area contributed by atoms with Crippen LogP contribution in [0.15, 0.2) is 29.2 Å². The highest BCUT2D eigenvalue weighted by molar-refractivity contribution is 5.95. The lowest BCUT2D eigenvalue weighted by molar-refractivity contribution is 0.0523. The second-order valence-corrected chi connectivity index (χ2v) is 3.76. The zero-order valence-corrected chi connectivity index (χ0v) is 10.5. The van der Waals surface area contributed by atoms with Crippen molar-refractivity contribution in [1.82, 2.24) is 4.79 Å². The highest BCUT2D eigenvalue weighted by Crippen LogP contribution is 2.23. The fraction of sp³-hybridized carbons (Fsp3) is 0.231. The SMILES string of the molecule is CCOC(=O)c1cn(F)c2c(OC)cccc2c1=O. The summed E-state index contributed by atoms with van der Waals surface area (Å²) >= 11 is 0. The van der Waals surface area contributed by atoms with Crippen LogP contribution in [0.2, 0.25) is 0 Å². The van der Waals surface area contributed by atoms with Crippen LogP contribution in [-0.4, -0.2) is 24.5 Å². The van der Waals surface area contributed by atoms with Crippen LogP contribution in [0.1, 0.15) is 17.3 Å². The summed E-state index contributed by atoms with van der Waals surface area (Å²) in [5.74, 6) is -0.629. The summed E-state index contributed by atoms with van der Waals surface area (Å²) in [6.07, 6.45) is 0.811. The number of hydrogen-bond donors (Lipinski definition) is 0. The number of fused-ring (bicyclic) bond motifs is 1. The summed E-state index contributed by atoms with van der Waals surface area (Å²) in [7, 11) is 1.37. The third kappa shape index (κ3) is 2.16. The molecule has 0 aliphatic carbocycles. The topological polar surface area (TPSA) is 57.5 Å². The first kappa shape index (κ1) is 13.1. The van der Waals surface area contributed by atoms with Gasteiger partial charge in [0, 0.05) is 0 Å². The van der Waals surface area contributed by atoms with Gasteiger partial charge in [-0.15, -0.1) is 0 Å². The third-order valence-electron chi connectivity index (χ3n) is 2.66. The Morgan fingerprint density at radius 1 is 1.42 bits per heavy atom. The first-order chi connectivity index (χ1) is 9.10. The van der Waals surface area contributed by atoms with E-state index in [2.05, 4.69) is 0 Å². The molecule has 0 unspecified atom stereocenters. The van der Waals surface area contributed by atoms with Crippen LogP contribution in [0.5, 0.6) is 5.75 Å². The number of pyridine rings is 1. The lowest BCUT2D eigenvalue weighted by atomic mass is 10.1. The number of halogens is 1. The van der Waals surface area contributed by atoms with Gasteiger partial charge >= 0.3 is 5.97 Å². The number of hydrogen-bond acceptors (Lipinski definition) is 4. The molecule has 0 saturated carbocycles. The fourth-order valence-electron chi connectivity index (χ4n) is 1.83. The normalized spacial score (nSPS) is 10.5. The summed E-state index contributed by atoms with van der Waals surface area (Å²) < 4.78 is 23.7. The summed E-state index contributed by atoms with van der Waals surface area (Å²) in [5.41, 5.74) is -0.936. The Kier molecular flexibility index (Phi) is 3.50. The minimum absolute atomic E-state index is 0.0111. The molecule has 0 spiro atoms. The summed E-state index contributed by atoms with van der Waals surface area (Å²) in [6.45, 7) is 1.72. The van der Waals surface area contributed by atoms with Gasteiger partial charge in [0.1, 0.15) is 16.8 Å². The van der Waals surface area contributed by atoms with Crippen molar-refractivity contribution in [2.75, 3.05) is 13.7 Å². The Balaban J connectivity index is 2.77. The highest BCUT2D eigenvalue weighted by atomic mass is 19.2. The van der Waals surface area contributed by atoms with Gasteiger partial charge in [-0.2, -0.15) is 4.79 Å². The molecule has 0 amide bonds. The zero-order valence-electron chi connectivity index (χ0n) is 10.5. The number of nitrogens with zero attached hydrogens (tertiary/aromatic N) is 1. The van der Waals surface area contributed by atoms with Gasteiger partial charge in [0.05, 0.1) is 25.3 Å². The molecule has 0 aliphatic heterocycles. The molecular weight excluding hydrogens is 253 g/mol. The van der Waals surface area contributed by atoms with E-state index in [0.29, 0.717) is 0 Å². The van der Waals surface area contributed by atoms with Gasteiger partial charge in [0.25, 0.3) is 0 Å². The van der Waals surface area contributed by atoms with E-state index in [1.807, 2.05) is 0 Å². The van der Waals surface area contributed by atoms with E-state index >= 15 is 0 Å². The fourth-order valence-corrected chi connectivity index (χ4v) is 1.83. The average Bonchev–Trinajstić information content (AvgIpc) is 2.42. The van der Waals surface area contributed by atoms with Crippen molar-refractivity contribution in [3.05, 3.63) is 40.2 Å². The number of ether oxygens (including phenoxy) is 2. The molecule has 2 rings (SSSR count). The molecule has 100 valence electrons. The van der Waals surface area contributed by atoms with Crippen molar-refractivity contribution in [3.63, 3.8) is 0 Å². The standard InChI is InChI=1S/C13H12FNO4/c1-3-19-13(17)9-7-15(14)11-8(12(9)16)5-4-6-10(11)18-2/h4-7H,3H2,1-2H3. The van der Waals surface area contributed by atoms with Crippen LogP contribution >= 0.6 is 0 Å². The lowest BCUT2D eigenvalue weighted by Crippen LogP contribution is -2.19. The molecular formula is C13H12FNO4. The van der Waals surface area contributed by atoms with E-state index in [4.69, 9.17) is 9.47 Å². The number of benzene rings is 1. The number of para-hydroxylation sites is 1. The van der Waals surface area contributed by atoms with Crippen molar-refractivity contribution in [1.29, 1.82) is 0 Å². The van der Waals surface area contributed by atoms with E-state index in [9.17, 15) is 14.1 Å². The van der Waals surface area contributed by atoms with Crippen molar-refractivity contribution in [2.45, 2.75) is 6.92 Å². The van der Waals surface area contributed by atoms with Crippen molar-refractivity contribution < 1.29 is 18.7 Å². The predicted octanol–water partition coefficient (Wildman–Crippen LogP) is 1.92. The van der Waals surface area contributed by atoms with Crippen molar-refractivity contribution in [2.24, 2.45) is 0 Å². The van der Waals surface area contributed by atoms with Gasteiger partial charge < -0.3 is 9.47 Å². The van der Waals surface area contributed by atoms with Crippen LogP contribution in [0.3, 0.4) is 0 Å². The number of rotatable bonds is 3. The molecule has 19 heavy (non-hydrogen) atoms. The summed E-state index contributed by atoms with van der Waals surface area (Å²) in [6, 6.07) is 4.51. The number of aromatic nitrogens is 1. The van der Waals surface area contributed by atoms with Crippen LogP contribution in [0, 0.1) is 0 Å². The Morgan fingerprint density at radius 2 is 2.16 bits per heavy atom. The molecule has 0 atom stereocenters. The number of methoxy groups -OCH3 is 1. The predicted molar refractivity (Wildman–Crippen MR) is 67.2 cm³/mol. The number of esters is 1. The average molecular weight is 265 g/mol. The van der Waals surface area contributed by atoms with Gasteiger partial charge in [-0.1, -0.05) is 10.5 Å². The molecule has 1 aromatic carbocycles. The van der Waals surface area contributed by atoms with E-state index in [1.165, 1.54) is 19.2 Å². The monoisotopic (exact) mass is 265 g/mol. The molecule has 0 fully saturated rings. The first-order valence-corrected chi connectivity index (χ1v) is 5.65. The Hall–Kier alpha value is -2.37. The molecule has 2 aromatic rings. The zero-order chi connectivity index (χ0) is 14.0. The molecule has 0 N–H and O–H groups in total. The quantitative estimate of drug-likeness (QED) is 0.795. The van der Waals surface area contributed by atoms with Crippen LogP contribution in [0.25, 0.3) is 10.9 Å². The first-order valence-electron chi connectivity index (χ1n) is 5.65. The summed E-state index contributed by atoms with van der Waals surface area (Å²) in [5, 5.41) is 0.0624. The van der Waals surface area contributed by atoms with Gasteiger partial charge in [-0.05, 0) is 19.1 Å². The lowest BCUT2D eigenvalue weighted by Gasteiger charge is -2.09. The Morgan fingerprint density at radius 3 is 2.79 bits per heavy atom. The second-order valence-electron chi connectivity index (χ2n) is 3.76. The minimum atomic E-state index is -0.844. The maximum atomic E-state index is 14.0. The summed E-state index contributed by atoms with van der Waals surface area (Å²) in [4.78, 5) is 23.9.